The summed E-state index contributed by atoms with van der Waals surface area (Å²) >= 11 is 1.29. The fourth-order valence-electron chi connectivity index (χ4n) is 2.76. The van der Waals surface area contributed by atoms with Crippen LogP contribution in [0.2, 0.25) is 0 Å². The summed E-state index contributed by atoms with van der Waals surface area (Å²) < 4.78 is 0. The van der Waals surface area contributed by atoms with Crippen LogP contribution in [0.5, 0.6) is 0 Å². The van der Waals surface area contributed by atoms with Crippen molar-refractivity contribution in [2.45, 2.75) is 60.4 Å². The lowest BCUT2D eigenvalue weighted by Gasteiger charge is -2.31. The smallest absolute Gasteiger partial charge is 0.251 e. The van der Waals surface area contributed by atoms with Crippen molar-refractivity contribution in [3.63, 3.8) is 0 Å². The molecule has 0 bridgehead atoms. The number of carbonyl (C=O) groups excluding carboxylic acids is 3. The largest absolute Gasteiger partial charge is 0.344 e. The van der Waals surface area contributed by atoms with Gasteiger partial charge in [-0.15, -0.1) is 11.3 Å². The number of carbonyl (C=O) groups is 3. The van der Waals surface area contributed by atoms with Gasteiger partial charge in [0.05, 0.1) is 0 Å². The molecule has 0 aliphatic rings. The fraction of sp³-hybridized carbons (Fsp3) is 0.600. The van der Waals surface area contributed by atoms with Crippen molar-refractivity contribution in [1.29, 1.82) is 0 Å². The summed E-state index contributed by atoms with van der Waals surface area (Å²) in [6.45, 7) is 14.4. The van der Waals surface area contributed by atoms with Crippen molar-refractivity contribution in [2.24, 2.45) is 17.3 Å². The summed E-state index contributed by atoms with van der Waals surface area (Å²) in [4.78, 5) is 42.1. The molecule has 29 heavy (non-hydrogen) atoms. The van der Waals surface area contributed by atoms with E-state index in [1.807, 2.05) is 34.6 Å². The summed E-state index contributed by atoms with van der Waals surface area (Å²) in [6, 6.07) is -0.824. The van der Waals surface area contributed by atoms with Crippen LogP contribution < -0.4 is 10.6 Å². The molecule has 1 unspecified atom stereocenters. The van der Waals surface area contributed by atoms with Crippen LogP contribution in [-0.2, 0) is 14.4 Å². The van der Waals surface area contributed by atoms with E-state index in [2.05, 4.69) is 22.2 Å². The van der Waals surface area contributed by atoms with Crippen LogP contribution in [0.25, 0.3) is 0 Å². The highest BCUT2D eigenvalue weighted by Gasteiger charge is 2.35. The number of thiazole rings is 1. The SMILES string of the molecule is C=C(C)N(O)C(=O)C[C@@H](CC(C)C)C(=O)NC(C(=O)Nc1nccs1)C(C)(C)C. The Hall–Kier alpha value is -2.26. The van der Waals surface area contributed by atoms with E-state index in [0.717, 1.165) is 0 Å². The molecule has 1 aromatic heterocycles. The summed E-state index contributed by atoms with van der Waals surface area (Å²) in [5.74, 6) is -1.93. The molecule has 0 radical (unpaired) electrons. The van der Waals surface area contributed by atoms with Crippen LogP contribution in [0.15, 0.2) is 23.9 Å². The third-order valence-corrected chi connectivity index (χ3v) is 4.91. The first-order valence-electron chi connectivity index (χ1n) is 9.51. The van der Waals surface area contributed by atoms with E-state index < -0.39 is 29.2 Å². The van der Waals surface area contributed by atoms with Gasteiger partial charge in [-0.1, -0.05) is 41.2 Å². The molecule has 9 heteroatoms. The van der Waals surface area contributed by atoms with Gasteiger partial charge in [0.15, 0.2) is 5.13 Å². The predicted molar refractivity (Wildman–Crippen MR) is 113 cm³/mol. The summed E-state index contributed by atoms with van der Waals surface area (Å²) in [7, 11) is 0. The van der Waals surface area contributed by atoms with Gasteiger partial charge >= 0.3 is 0 Å². The maximum atomic E-state index is 13.0. The number of nitrogens with one attached hydrogen (secondary N) is 2. The average Bonchev–Trinajstić information content (AvgIpc) is 3.09. The fourth-order valence-corrected chi connectivity index (χ4v) is 3.29. The first kappa shape index (κ1) is 24.8. The van der Waals surface area contributed by atoms with Gasteiger partial charge < -0.3 is 10.6 Å². The Balaban J connectivity index is 2.97. The molecular formula is C20H32N4O4S. The maximum Gasteiger partial charge on any atom is 0.251 e. The van der Waals surface area contributed by atoms with E-state index in [1.54, 1.807) is 11.6 Å². The topological polar surface area (TPSA) is 112 Å². The number of hydrogen-bond acceptors (Lipinski definition) is 6. The predicted octanol–water partition coefficient (Wildman–Crippen LogP) is 3.42. The second-order valence-corrected chi connectivity index (χ2v) is 9.50. The second-order valence-electron chi connectivity index (χ2n) is 8.61. The van der Waals surface area contributed by atoms with E-state index in [-0.39, 0.29) is 23.9 Å². The highest BCUT2D eigenvalue weighted by Crippen LogP contribution is 2.24. The molecule has 3 amide bonds. The molecule has 1 aromatic rings. The molecule has 1 rings (SSSR count). The molecule has 0 aliphatic carbocycles. The minimum atomic E-state index is -0.824. The number of anilines is 1. The van der Waals surface area contributed by atoms with E-state index in [4.69, 9.17) is 0 Å². The van der Waals surface area contributed by atoms with Gasteiger partial charge in [0.2, 0.25) is 11.8 Å². The number of hydrogen-bond donors (Lipinski definition) is 3. The molecule has 0 saturated carbocycles. The van der Waals surface area contributed by atoms with E-state index in [9.17, 15) is 19.6 Å². The van der Waals surface area contributed by atoms with Gasteiger partial charge in [0.25, 0.3) is 5.91 Å². The monoisotopic (exact) mass is 424 g/mol. The van der Waals surface area contributed by atoms with Crippen LogP contribution in [-0.4, -0.2) is 39.0 Å². The van der Waals surface area contributed by atoms with Crippen LogP contribution in [0.1, 0.15) is 54.4 Å². The zero-order valence-corrected chi connectivity index (χ0v) is 18.8. The summed E-state index contributed by atoms with van der Waals surface area (Å²) in [6.07, 6.45) is 1.84. The Morgan fingerprint density at radius 3 is 2.34 bits per heavy atom. The van der Waals surface area contributed by atoms with Crippen molar-refractivity contribution in [2.75, 3.05) is 5.32 Å². The lowest BCUT2D eigenvalue weighted by atomic mass is 9.85. The van der Waals surface area contributed by atoms with Crippen molar-refractivity contribution >= 4 is 34.2 Å². The van der Waals surface area contributed by atoms with Crippen molar-refractivity contribution < 1.29 is 19.6 Å². The van der Waals surface area contributed by atoms with E-state index in [0.29, 0.717) is 16.6 Å². The van der Waals surface area contributed by atoms with Crippen LogP contribution in [0.4, 0.5) is 5.13 Å². The van der Waals surface area contributed by atoms with Crippen LogP contribution in [0, 0.1) is 17.3 Å². The van der Waals surface area contributed by atoms with Crippen LogP contribution in [0.3, 0.4) is 0 Å². The standard InChI is InChI=1S/C20H32N4O4S/c1-12(2)10-14(11-15(25)24(28)13(3)4)17(26)22-16(20(5,6)7)18(27)23-19-21-8-9-29-19/h8-9,12,14,16,28H,3,10-11H2,1-2,4-7H3,(H,22,26)(H,21,23,27)/t14-,16?/m1/s1. The zero-order chi connectivity index (χ0) is 22.4. The van der Waals surface area contributed by atoms with Gasteiger partial charge in [-0.3, -0.25) is 19.6 Å². The number of amides is 3. The Morgan fingerprint density at radius 1 is 1.28 bits per heavy atom. The second kappa shape index (κ2) is 10.5. The maximum absolute atomic E-state index is 13.0. The Labute approximate surface area is 176 Å². The number of allylic oxidation sites excluding steroid dienone is 1. The van der Waals surface area contributed by atoms with Gasteiger partial charge in [-0.25, -0.2) is 4.98 Å². The molecule has 162 valence electrons. The molecule has 0 aliphatic heterocycles. The molecule has 0 spiro atoms. The first-order valence-corrected chi connectivity index (χ1v) is 10.4. The molecule has 0 saturated heterocycles. The normalized spacial score (nSPS) is 13.5. The minimum Gasteiger partial charge on any atom is -0.344 e. The average molecular weight is 425 g/mol. The van der Waals surface area contributed by atoms with E-state index >= 15 is 0 Å². The molecule has 3 N–H and O–H groups in total. The Kier molecular flexibility index (Phi) is 8.97. The highest BCUT2D eigenvalue weighted by atomic mass is 32.1. The zero-order valence-electron chi connectivity index (χ0n) is 18.0. The van der Waals surface area contributed by atoms with Crippen LogP contribution >= 0.6 is 11.3 Å². The quantitative estimate of drug-likeness (QED) is 0.415. The third-order valence-electron chi connectivity index (χ3n) is 4.22. The first-order chi connectivity index (χ1) is 13.3. The van der Waals surface area contributed by atoms with Gasteiger partial charge in [-0.2, -0.15) is 5.06 Å². The molecule has 1 heterocycles. The lowest BCUT2D eigenvalue weighted by Crippen LogP contribution is -2.53. The number of nitrogens with zero attached hydrogens (tertiary/aromatic N) is 2. The third kappa shape index (κ3) is 7.94. The summed E-state index contributed by atoms with van der Waals surface area (Å²) in [5.41, 5.74) is -0.390. The summed E-state index contributed by atoms with van der Waals surface area (Å²) in [5, 5.41) is 17.9. The molecule has 2 atom stereocenters. The van der Waals surface area contributed by atoms with Crippen molar-refractivity contribution in [3.05, 3.63) is 23.9 Å². The van der Waals surface area contributed by atoms with Crippen molar-refractivity contribution in [3.8, 4) is 0 Å². The molecular weight excluding hydrogens is 392 g/mol. The lowest BCUT2D eigenvalue weighted by molar-refractivity contribution is -0.159. The molecule has 0 fully saturated rings. The Morgan fingerprint density at radius 2 is 1.90 bits per heavy atom. The Bertz CT molecular complexity index is 725. The minimum absolute atomic E-state index is 0.146. The van der Waals surface area contributed by atoms with Gasteiger partial charge in [0, 0.05) is 29.6 Å². The van der Waals surface area contributed by atoms with Gasteiger partial charge in [-0.05, 0) is 24.7 Å². The number of hydroxylamine groups is 2. The molecule has 0 aromatic carbocycles. The van der Waals surface area contributed by atoms with Gasteiger partial charge in [0.1, 0.15) is 6.04 Å². The number of aromatic nitrogens is 1. The highest BCUT2D eigenvalue weighted by molar-refractivity contribution is 7.13. The molecule has 8 nitrogen and oxygen atoms in total. The van der Waals surface area contributed by atoms with Crippen molar-refractivity contribution in [1.82, 2.24) is 15.4 Å². The number of rotatable bonds is 9. The van der Waals surface area contributed by atoms with E-state index in [1.165, 1.54) is 18.3 Å².